The molecule has 1 N–H and O–H groups in total. The van der Waals surface area contributed by atoms with E-state index in [1.807, 2.05) is 36.4 Å². The molecule has 3 aromatic carbocycles. The zero-order valence-electron chi connectivity index (χ0n) is 15.4. The number of nitriles is 1. The van der Waals surface area contributed by atoms with E-state index in [0.717, 1.165) is 11.3 Å². The highest BCUT2D eigenvalue weighted by Crippen LogP contribution is 2.40. The summed E-state index contributed by atoms with van der Waals surface area (Å²) in [6.07, 6.45) is 1.62. The minimum Gasteiger partial charge on any atom is -0.453 e. The van der Waals surface area contributed by atoms with Crippen molar-refractivity contribution in [2.45, 2.75) is 5.92 Å². The van der Waals surface area contributed by atoms with Gasteiger partial charge >= 0.3 is 0 Å². The third kappa shape index (κ3) is 4.02. The summed E-state index contributed by atoms with van der Waals surface area (Å²) in [5.74, 6) is -0.970. The number of rotatable bonds is 5. The van der Waals surface area contributed by atoms with Crippen molar-refractivity contribution in [1.29, 1.82) is 5.26 Å². The molecule has 148 valence electrons. The van der Waals surface area contributed by atoms with Crippen molar-refractivity contribution in [3.63, 3.8) is 0 Å². The predicted octanol–water partition coefficient (Wildman–Crippen LogP) is 6.70. The number of halogens is 3. The van der Waals surface area contributed by atoms with Crippen molar-refractivity contribution in [1.82, 2.24) is 10.2 Å². The lowest BCUT2D eigenvalue weighted by Gasteiger charge is -2.19. The highest BCUT2D eigenvalue weighted by molar-refractivity contribution is 6.32. The van der Waals surface area contributed by atoms with Crippen molar-refractivity contribution < 1.29 is 9.13 Å². The van der Waals surface area contributed by atoms with Crippen molar-refractivity contribution in [2.24, 2.45) is 0 Å². The summed E-state index contributed by atoms with van der Waals surface area (Å²) in [5, 5.41) is 16.5. The zero-order chi connectivity index (χ0) is 21.1. The molecule has 0 radical (unpaired) electrons. The molecule has 0 fully saturated rings. The largest absolute Gasteiger partial charge is 0.453 e. The van der Waals surface area contributed by atoms with Gasteiger partial charge in [0.1, 0.15) is 5.75 Å². The van der Waals surface area contributed by atoms with E-state index in [1.165, 1.54) is 18.2 Å². The molecular formula is C23H14Cl2FN3O. The lowest BCUT2D eigenvalue weighted by Crippen LogP contribution is -2.07. The summed E-state index contributed by atoms with van der Waals surface area (Å²) in [6, 6.07) is 20.9. The van der Waals surface area contributed by atoms with Crippen LogP contribution in [0.4, 0.5) is 4.39 Å². The number of aromatic amines is 1. The molecule has 1 heterocycles. The summed E-state index contributed by atoms with van der Waals surface area (Å²) < 4.78 is 21.4. The molecule has 4 aromatic rings. The van der Waals surface area contributed by atoms with Crippen LogP contribution in [0.25, 0.3) is 0 Å². The molecule has 1 aromatic heterocycles. The lowest BCUT2D eigenvalue weighted by atomic mass is 9.88. The first-order valence-electron chi connectivity index (χ1n) is 8.97. The Morgan fingerprint density at radius 2 is 1.83 bits per heavy atom. The van der Waals surface area contributed by atoms with Crippen LogP contribution in [0.5, 0.6) is 11.5 Å². The Kier molecular flexibility index (Phi) is 5.71. The van der Waals surface area contributed by atoms with Gasteiger partial charge in [-0.2, -0.15) is 10.4 Å². The minimum absolute atomic E-state index is 0.103. The van der Waals surface area contributed by atoms with Gasteiger partial charge in [-0.25, -0.2) is 4.39 Å². The quantitative estimate of drug-likeness (QED) is 0.377. The number of hydrogen-bond acceptors (Lipinski definition) is 3. The van der Waals surface area contributed by atoms with Gasteiger partial charge in [0.25, 0.3) is 0 Å². The first-order valence-corrected chi connectivity index (χ1v) is 9.73. The predicted molar refractivity (Wildman–Crippen MR) is 114 cm³/mol. The number of ether oxygens (including phenoxy) is 1. The average Bonchev–Trinajstić information content (AvgIpc) is 3.27. The second-order valence-electron chi connectivity index (χ2n) is 6.52. The second-order valence-corrected chi connectivity index (χ2v) is 7.37. The van der Waals surface area contributed by atoms with Crippen LogP contribution in [0, 0.1) is 17.1 Å². The molecule has 0 saturated heterocycles. The average molecular weight is 438 g/mol. The van der Waals surface area contributed by atoms with E-state index in [1.54, 1.807) is 24.4 Å². The van der Waals surface area contributed by atoms with Gasteiger partial charge in [-0.3, -0.25) is 5.10 Å². The standard InChI is InChI=1S/C23H14Cl2FN3O/c24-16-10-14(13-27)11-17(12-16)30-23-19(25)7-6-18(22(23)26)21(20-8-9-28-29-20)15-4-2-1-3-5-15/h1-12,21H,(H,28,29). The van der Waals surface area contributed by atoms with Gasteiger partial charge in [0.15, 0.2) is 11.6 Å². The van der Waals surface area contributed by atoms with Crippen LogP contribution < -0.4 is 4.74 Å². The topological polar surface area (TPSA) is 61.7 Å². The molecule has 0 aliphatic rings. The van der Waals surface area contributed by atoms with Crippen LogP contribution in [0.3, 0.4) is 0 Å². The Balaban J connectivity index is 1.82. The number of hydrogen-bond donors (Lipinski definition) is 1. The van der Waals surface area contributed by atoms with Gasteiger partial charge in [0.2, 0.25) is 0 Å². The number of nitrogens with one attached hydrogen (secondary N) is 1. The van der Waals surface area contributed by atoms with Gasteiger partial charge in [0, 0.05) is 22.5 Å². The Morgan fingerprint density at radius 3 is 2.53 bits per heavy atom. The molecule has 0 spiro atoms. The van der Waals surface area contributed by atoms with Crippen LogP contribution in [0.15, 0.2) is 72.9 Å². The Hall–Kier alpha value is -3.33. The molecule has 4 rings (SSSR count). The monoisotopic (exact) mass is 437 g/mol. The smallest absolute Gasteiger partial charge is 0.181 e. The van der Waals surface area contributed by atoms with E-state index in [0.29, 0.717) is 16.1 Å². The molecule has 4 nitrogen and oxygen atoms in total. The molecule has 7 heteroatoms. The molecule has 0 aliphatic heterocycles. The summed E-state index contributed by atoms with van der Waals surface area (Å²) in [6.45, 7) is 0. The first kappa shape index (κ1) is 20.0. The fourth-order valence-electron chi connectivity index (χ4n) is 3.27. The highest BCUT2D eigenvalue weighted by Gasteiger charge is 2.25. The summed E-state index contributed by atoms with van der Waals surface area (Å²) >= 11 is 12.3. The van der Waals surface area contributed by atoms with Crippen molar-refractivity contribution in [3.05, 3.63) is 111 Å². The maximum atomic E-state index is 15.7. The SMILES string of the molecule is N#Cc1cc(Cl)cc(Oc2c(Cl)ccc(C(c3ccccc3)c3ccn[nH]3)c2F)c1. The van der Waals surface area contributed by atoms with Crippen LogP contribution in [0.2, 0.25) is 10.0 Å². The summed E-state index contributed by atoms with van der Waals surface area (Å²) in [4.78, 5) is 0. The fraction of sp³-hybridized carbons (Fsp3) is 0.0435. The van der Waals surface area contributed by atoms with E-state index >= 15 is 4.39 Å². The van der Waals surface area contributed by atoms with Gasteiger partial charge in [-0.15, -0.1) is 0 Å². The minimum atomic E-state index is -0.607. The lowest BCUT2D eigenvalue weighted by molar-refractivity contribution is 0.438. The molecule has 0 saturated carbocycles. The van der Waals surface area contributed by atoms with E-state index < -0.39 is 11.7 Å². The number of benzene rings is 3. The molecule has 1 unspecified atom stereocenters. The van der Waals surface area contributed by atoms with Crippen LogP contribution in [-0.2, 0) is 0 Å². The van der Waals surface area contributed by atoms with Gasteiger partial charge < -0.3 is 4.74 Å². The maximum Gasteiger partial charge on any atom is 0.181 e. The van der Waals surface area contributed by atoms with E-state index in [2.05, 4.69) is 10.2 Å². The molecule has 0 bridgehead atoms. The fourth-order valence-corrected chi connectivity index (χ4v) is 3.68. The summed E-state index contributed by atoms with van der Waals surface area (Å²) in [7, 11) is 0. The Bertz CT molecular complexity index is 1220. The first-order chi connectivity index (χ1) is 14.6. The van der Waals surface area contributed by atoms with Crippen molar-refractivity contribution >= 4 is 23.2 Å². The number of H-pyrrole nitrogens is 1. The molecule has 30 heavy (non-hydrogen) atoms. The normalized spacial score (nSPS) is 11.7. The number of aromatic nitrogens is 2. The molecule has 0 amide bonds. The Morgan fingerprint density at radius 1 is 1.03 bits per heavy atom. The van der Waals surface area contributed by atoms with Crippen LogP contribution in [0.1, 0.15) is 28.3 Å². The Labute approximate surface area is 182 Å². The van der Waals surface area contributed by atoms with Gasteiger partial charge in [-0.05, 0) is 35.9 Å². The summed E-state index contributed by atoms with van der Waals surface area (Å²) in [5.41, 5.74) is 2.27. The third-order valence-electron chi connectivity index (χ3n) is 4.58. The highest BCUT2D eigenvalue weighted by atomic mass is 35.5. The zero-order valence-corrected chi connectivity index (χ0v) is 17.0. The van der Waals surface area contributed by atoms with E-state index in [9.17, 15) is 0 Å². The van der Waals surface area contributed by atoms with E-state index in [-0.39, 0.29) is 16.5 Å². The van der Waals surface area contributed by atoms with Crippen molar-refractivity contribution in [3.8, 4) is 17.6 Å². The number of nitrogens with zero attached hydrogens (tertiary/aromatic N) is 2. The van der Waals surface area contributed by atoms with E-state index in [4.69, 9.17) is 33.2 Å². The van der Waals surface area contributed by atoms with Gasteiger partial charge in [-0.1, -0.05) is 59.6 Å². The third-order valence-corrected chi connectivity index (χ3v) is 5.09. The molecular weight excluding hydrogens is 424 g/mol. The van der Waals surface area contributed by atoms with Crippen LogP contribution >= 0.6 is 23.2 Å². The van der Waals surface area contributed by atoms with Crippen LogP contribution in [-0.4, -0.2) is 10.2 Å². The molecule has 1 atom stereocenters. The molecule has 0 aliphatic carbocycles. The van der Waals surface area contributed by atoms with Gasteiger partial charge in [0.05, 0.1) is 22.6 Å². The second kappa shape index (κ2) is 8.58. The maximum absolute atomic E-state index is 15.7. The van der Waals surface area contributed by atoms with Crippen molar-refractivity contribution in [2.75, 3.05) is 0 Å².